The summed E-state index contributed by atoms with van der Waals surface area (Å²) in [7, 11) is 0. The van der Waals surface area contributed by atoms with E-state index in [1.54, 1.807) is 19.1 Å². The van der Waals surface area contributed by atoms with Crippen molar-refractivity contribution in [3.63, 3.8) is 0 Å². The van der Waals surface area contributed by atoms with Gasteiger partial charge in [0.2, 0.25) is 0 Å². The van der Waals surface area contributed by atoms with Crippen LogP contribution in [0.3, 0.4) is 0 Å². The Morgan fingerprint density at radius 1 is 1.45 bits per heavy atom. The lowest BCUT2D eigenvalue weighted by Crippen LogP contribution is -2.05. The third-order valence-electron chi connectivity index (χ3n) is 2.27. The molecule has 0 saturated heterocycles. The molecule has 0 aliphatic heterocycles. The largest absolute Gasteiger partial charge is 0.461 e. The standard InChI is InChI=1S/C12H9BrCl2N2O3/c1-2-19-11(18)8-5-20-12(17-8)16-7-4-3-6(13)9(14)10(7)15/h3-5H,2H2,1H3,(H,16,17). The molecule has 1 heterocycles. The quantitative estimate of drug-likeness (QED) is 0.617. The Bertz CT molecular complexity index is 646. The number of halogens is 3. The van der Waals surface area contributed by atoms with E-state index < -0.39 is 5.97 Å². The lowest BCUT2D eigenvalue weighted by Gasteiger charge is -2.06. The molecule has 0 saturated carbocycles. The van der Waals surface area contributed by atoms with Gasteiger partial charge in [-0.3, -0.25) is 0 Å². The van der Waals surface area contributed by atoms with E-state index in [2.05, 4.69) is 26.2 Å². The third kappa shape index (κ3) is 3.26. The Labute approximate surface area is 133 Å². The zero-order chi connectivity index (χ0) is 14.7. The second-order valence-corrected chi connectivity index (χ2v) is 5.22. The summed E-state index contributed by atoms with van der Waals surface area (Å²) in [5, 5.41) is 3.52. The van der Waals surface area contributed by atoms with Gasteiger partial charge in [0.05, 0.1) is 22.3 Å². The molecular formula is C12H9BrCl2N2O3. The first-order chi connectivity index (χ1) is 9.52. The van der Waals surface area contributed by atoms with E-state index in [9.17, 15) is 4.79 Å². The molecule has 0 radical (unpaired) electrons. The average molecular weight is 380 g/mol. The molecule has 0 amide bonds. The lowest BCUT2D eigenvalue weighted by atomic mass is 10.3. The fourth-order valence-corrected chi connectivity index (χ4v) is 2.19. The molecule has 1 N–H and O–H groups in total. The molecule has 1 aromatic carbocycles. The average Bonchev–Trinajstić information content (AvgIpc) is 2.88. The molecule has 106 valence electrons. The van der Waals surface area contributed by atoms with Gasteiger partial charge in [-0.1, -0.05) is 23.2 Å². The predicted octanol–water partition coefficient (Wildman–Crippen LogP) is 4.66. The number of carbonyl (C=O) groups excluding carboxylic acids is 1. The van der Waals surface area contributed by atoms with Gasteiger partial charge >= 0.3 is 5.97 Å². The Morgan fingerprint density at radius 2 is 2.20 bits per heavy atom. The van der Waals surface area contributed by atoms with E-state index in [1.165, 1.54) is 6.26 Å². The number of esters is 1. The maximum absolute atomic E-state index is 11.5. The summed E-state index contributed by atoms with van der Waals surface area (Å²) < 4.78 is 10.6. The van der Waals surface area contributed by atoms with Crippen molar-refractivity contribution in [3.8, 4) is 0 Å². The molecule has 5 nitrogen and oxygen atoms in total. The molecule has 0 fully saturated rings. The van der Waals surface area contributed by atoms with Gasteiger partial charge in [-0.15, -0.1) is 0 Å². The Balaban J connectivity index is 2.19. The number of anilines is 2. The number of rotatable bonds is 4. The lowest BCUT2D eigenvalue weighted by molar-refractivity contribution is 0.0519. The summed E-state index contributed by atoms with van der Waals surface area (Å²) in [5.74, 6) is -0.552. The van der Waals surface area contributed by atoms with E-state index in [-0.39, 0.29) is 18.3 Å². The number of oxazole rings is 1. The van der Waals surface area contributed by atoms with Crippen molar-refractivity contribution >= 4 is 56.8 Å². The van der Waals surface area contributed by atoms with Crippen LogP contribution in [0, 0.1) is 0 Å². The van der Waals surface area contributed by atoms with E-state index in [1.807, 2.05) is 0 Å². The second-order valence-electron chi connectivity index (χ2n) is 3.61. The van der Waals surface area contributed by atoms with Crippen LogP contribution in [0.2, 0.25) is 10.0 Å². The molecule has 0 aliphatic carbocycles. The summed E-state index contributed by atoms with van der Waals surface area (Å²) in [6.07, 6.45) is 1.20. The van der Waals surface area contributed by atoms with Gasteiger partial charge in [0.25, 0.3) is 6.01 Å². The SMILES string of the molecule is CCOC(=O)c1coc(Nc2ccc(Br)c(Cl)c2Cl)n1. The number of benzene rings is 1. The number of aromatic nitrogens is 1. The molecule has 0 unspecified atom stereocenters. The highest BCUT2D eigenvalue weighted by molar-refractivity contribution is 9.10. The smallest absolute Gasteiger partial charge is 0.360 e. The summed E-state index contributed by atoms with van der Waals surface area (Å²) in [5.41, 5.74) is 0.589. The highest BCUT2D eigenvalue weighted by atomic mass is 79.9. The van der Waals surface area contributed by atoms with Gasteiger partial charge in [-0.2, -0.15) is 4.98 Å². The summed E-state index contributed by atoms with van der Waals surface area (Å²) in [4.78, 5) is 15.4. The van der Waals surface area contributed by atoms with Crippen molar-refractivity contribution in [2.75, 3.05) is 11.9 Å². The van der Waals surface area contributed by atoms with Gasteiger partial charge in [-0.25, -0.2) is 4.79 Å². The monoisotopic (exact) mass is 378 g/mol. The molecular weight excluding hydrogens is 371 g/mol. The van der Waals surface area contributed by atoms with Crippen molar-refractivity contribution < 1.29 is 13.9 Å². The van der Waals surface area contributed by atoms with Gasteiger partial charge in [-0.05, 0) is 35.0 Å². The predicted molar refractivity (Wildman–Crippen MR) is 79.9 cm³/mol. The Morgan fingerprint density at radius 3 is 2.90 bits per heavy atom. The molecule has 20 heavy (non-hydrogen) atoms. The minimum absolute atomic E-state index is 0.0775. The Kier molecular flexibility index (Phi) is 4.91. The van der Waals surface area contributed by atoms with Crippen molar-refractivity contribution in [1.82, 2.24) is 4.98 Å². The minimum atomic E-state index is -0.552. The maximum Gasteiger partial charge on any atom is 0.360 e. The number of nitrogens with zero attached hydrogens (tertiary/aromatic N) is 1. The van der Waals surface area contributed by atoms with Crippen molar-refractivity contribution in [1.29, 1.82) is 0 Å². The van der Waals surface area contributed by atoms with Crippen LogP contribution in [0.5, 0.6) is 0 Å². The number of hydrogen-bond donors (Lipinski definition) is 1. The summed E-state index contributed by atoms with van der Waals surface area (Å²) in [6.45, 7) is 1.98. The number of ether oxygens (including phenoxy) is 1. The number of nitrogens with one attached hydrogen (secondary N) is 1. The van der Waals surface area contributed by atoms with Crippen molar-refractivity contribution in [2.24, 2.45) is 0 Å². The van der Waals surface area contributed by atoms with Gasteiger partial charge in [0.1, 0.15) is 6.26 Å². The van der Waals surface area contributed by atoms with Crippen LogP contribution in [-0.4, -0.2) is 17.6 Å². The molecule has 2 rings (SSSR count). The first-order valence-corrected chi connectivity index (χ1v) is 7.11. The molecule has 1 aromatic heterocycles. The van der Waals surface area contributed by atoms with E-state index in [4.69, 9.17) is 32.4 Å². The van der Waals surface area contributed by atoms with Crippen LogP contribution in [0.25, 0.3) is 0 Å². The molecule has 0 spiro atoms. The third-order valence-corrected chi connectivity index (χ3v) is 4.04. The topological polar surface area (TPSA) is 64.4 Å². The highest BCUT2D eigenvalue weighted by Crippen LogP contribution is 2.36. The van der Waals surface area contributed by atoms with Gasteiger partial charge in [0, 0.05) is 4.47 Å². The molecule has 2 aromatic rings. The summed E-state index contributed by atoms with van der Waals surface area (Å²) in [6, 6.07) is 3.55. The zero-order valence-corrected chi connectivity index (χ0v) is 13.3. The van der Waals surface area contributed by atoms with Crippen molar-refractivity contribution in [2.45, 2.75) is 6.92 Å². The first-order valence-electron chi connectivity index (χ1n) is 5.56. The molecule has 8 heteroatoms. The fraction of sp³-hybridized carbons (Fsp3) is 0.167. The molecule has 0 aliphatic rings. The van der Waals surface area contributed by atoms with Crippen LogP contribution in [0.15, 0.2) is 27.3 Å². The highest BCUT2D eigenvalue weighted by Gasteiger charge is 2.15. The normalized spacial score (nSPS) is 10.4. The first kappa shape index (κ1) is 15.2. The van der Waals surface area contributed by atoms with E-state index >= 15 is 0 Å². The summed E-state index contributed by atoms with van der Waals surface area (Å²) >= 11 is 15.3. The molecule has 0 bridgehead atoms. The van der Waals surface area contributed by atoms with Gasteiger partial charge < -0.3 is 14.5 Å². The van der Waals surface area contributed by atoms with Crippen LogP contribution < -0.4 is 5.32 Å². The van der Waals surface area contributed by atoms with Gasteiger partial charge in [0.15, 0.2) is 5.69 Å². The second kappa shape index (κ2) is 6.47. The minimum Gasteiger partial charge on any atom is -0.461 e. The number of hydrogen-bond acceptors (Lipinski definition) is 5. The van der Waals surface area contributed by atoms with Crippen LogP contribution >= 0.6 is 39.1 Å². The van der Waals surface area contributed by atoms with E-state index in [0.717, 1.165) is 0 Å². The maximum atomic E-state index is 11.5. The fourth-order valence-electron chi connectivity index (χ4n) is 1.37. The van der Waals surface area contributed by atoms with E-state index in [0.29, 0.717) is 20.2 Å². The Hall–Kier alpha value is -1.24. The van der Waals surface area contributed by atoms with Crippen molar-refractivity contribution in [3.05, 3.63) is 38.6 Å². The van der Waals surface area contributed by atoms with Crippen LogP contribution in [0.1, 0.15) is 17.4 Å². The number of carbonyl (C=O) groups is 1. The van der Waals surface area contributed by atoms with Crippen LogP contribution in [-0.2, 0) is 4.74 Å². The zero-order valence-electron chi connectivity index (χ0n) is 10.2. The molecule has 0 atom stereocenters. The van der Waals surface area contributed by atoms with Crippen LogP contribution in [0.4, 0.5) is 11.7 Å².